The molecule has 4 rings (SSSR count). The molecule has 12 nitrogen and oxygen atoms in total. The molecule has 232 valence electrons. The summed E-state index contributed by atoms with van der Waals surface area (Å²) < 4.78 is 16.5. The minimum absolute atomic E-state index is 0.0347. The van der Waals surface area contributed by atoms with Crippen molar-refractivity contribution < 1.29 is 38.8 Å². The molecule has 1 aliphatic carbocycles. The van der Waals surface area contributed by atoms with Crippen LogP contribution in [-0.2, 0) is 19.0 Å². The van der Waals surface area contributed by atoms with Crippen LogP contribution in [0.4, 0.5) is 9.59 Å². The molecule has 2 aliphatic rings. The van der Waals surface area contributed by atoms with E-state index in [0.717, 1.165) is 27.2 Å². The third-order valence-electron chi connectivity index (χ3n) is 6.79. The second kappa shape index (κ2) is 12.6. The minimum Gasteiger partial charge on any atom is -0.480 e. The summed E-state index contributed by atoms with van der Waals surface area (Å²) in [5.41, 5.74) is 2.69. The van der Waals surface area contributed by atoms with Gasteiger partial charge in [-0.3, -0.25) is 10.2 Å². The Hall–Kier alpha value is -4.16. The normalized spacial score (nSPS) is 19.3. The molecule has 1 aliphatic heterocycles. The number of amides is 2. The Balaban J connectivity index is 1.49. The summed E-state index contributed by atoms with van der Waals surface area (Å²) in [6.07, 6.45) is -3.22. The van der Waals surface area contributed by atoms with Crippen LogP contribution in [0, 0.1) is 0 Å². The van der Waals surface area contributed by atoms with Crippen LogP contribution in [0.5, 0.6) is 0 Å². The first-order valence-electron chi connectivity index (χ1n) is 14.2. The van der Waals surface area contributed by atoms with Crippen LogP contribution in [0.3, 0.4) is 0 Å². The maximum Gasteiger partial charge on any atom is 0.414 e. The van der Waals surface area contributed by atoms with Crippen LogP contribution in [-0.4, -0.2) is 82.1 Å². The topological polar surface area (TPSA) is 159 Å². The third-order valence-corrected chi connectivity index (χ3v) is 6.79. The highest BCUT2D eigenvalue weighted by Gasteiger charge is 2.41. The number of benzene rings is 2. The highest BCUT2D eigenvalue weighted by molar-refractivity contribution is 5.94. The highest BCUT2D eigenvalue weighted by Crippen LogP contribution is 2.44. The van der Waals surface area contributed by atoms with Gasteiger partial charge in [0.15, 0.2) is 0 Å². The molecule has 12 heteroatoms. The fourth-order valence-corrected chi connectivity index (χ4v) is 5.19. The van der Waals surface area contributed by atoms with Crippen LogP contribution in [0.2, 0.25) is 0 Å². The van der Waals surface area contributed by atoms with E-state index < -0.39 is 47.9 Å². The molecular weight excluding hydrogens is 556 g/mol. The first-order chi connectivity index (χ1) is 20.1. The lowest BCUT2D eigenvalue weighted by molar-refractivity contribution is -0.172. The number of nitrogens with one attached hydrogen (secondary N) is 2. The second-order valence-corrected chi connectivity index (χ2v) is 12.5. The van der Waals surface area contributed by atoms with Crippen LogP contribution in [0.25, 0.3) is 11.1 Å². The molecule has 1 unspecified atom stereocenters. The number of guanidine groups is 1. The number of aliphatic hydroxyl groups excluding tert-OH is 1. The maximum absolute atomic E-state index is 13.3. The van der Waals surface area contributed by atoms with Gasteiger partial charge in [-0.05, 0) is 63.8 Å². The van der Waals surface area contributed by atoms with Crippen molar-refractivity contribution >= 4 is 24.1 Å². The summed E-state index contributed by atoms with van der Waals surface area (Å²) in [5.74, 6) is -1.60. The van der Waals surface area contributed by atoms with E-state index in [0.29, 0.717) is 0 Å². The number of aliphatic imine (C=N–C) groups is 1. The number of likely N-dealkylation sites (tertiary alicyclic amines) is 1. The van der Waals surface area contributed by atoms with Crippen molar-refractivity contribution in [1.82, 2.24) is 15.5 Å². The molecule has 3 atom stereocenters. The fraction of sp³-hybridized carbons (Fsp3) is 0.484. The number of aliphatic hydroxyl groups is 1. The molecule has 2 aromatic carbocycles. The molecule has 0 radical (unpaired) electrons. The van der Waals surface area contributed by atoms with Gasteiger partial charge in [-0.1, -0.05) is 48.5 Å². The zero-order chi connectivity index (χ0) is 31.5. The lowest BCUT2D eigenvalue weighted by Gasteiger charge is -2.26. The zero-order valence-corrected chi connectivity index (χ0v) is 25.3. The molecule has 2 amide bonds. The number of rotatable bonds is 6. The van der Waals surface area contributed by atoms with E-state index >= 15 is 0 Å². The lowest BCUT2D eigenvalue weighted by Crippen LogP contribution is -2.50. The number of aliphatic carboxylic acids is 1. The monoisotopic (exact) mass is 596 g/mol. The predicted molar refractivity (Wildman–Crippen MR) is 158 cm³/mol. The fourth-order valence-electron chi connectivity index (χ4n) is 5.19. The van der Waals surface area contributed by atoms with E-state index in [-0.39, 0.29) is 31.4 Å². The number of nitrogens with zero attached hydrogens (tertiary/aromatic N) is 2. The number of carbonyl (C=O) groups is 3. The average molecular weight is 597 g/mol. The molecule has 1 heterocycles. The van der Waals surface area contributed by atoms with Gasteiger partial charge < -0.3 is 29.7 Å². The molecule has 0 saturated carbocycles. The molecule has 1 fully saturated rings. The van der Waals surface area contributed by atoms with E-state index in [1.54, 1.807) is 41.5 Å². The van der Waals surface area contributed by atoms with Gasteiger partial charge in [0.05, 0.1) is 11.6 Å². The van der Waals surface area contributed by atoms with Crippen molar-refractivity contribution in [3.63, 3.8) is 0 Å². The van der Waals surface area contributed by atoms with Crippen molar-refractivity contribution in [2.24, 2.45) is 4.99 Å². The summed E-state index contributed by atoms with van der Waals surface area (Å²) in [5, 5.41) is 25.3. The number of hydrogen-bond acceptors (Lipinski definition) is 8. The van der Waals surface area contributed by atoms with Crippen molar-refractivity contribution in [2.45, 2.75) is 83.6 Å². The zero-order valence-electron chi connectivity index (χ0n) is 25.3. The molecule has 4 N–H and O–H groups in total. The average Bonchev–Trinajstić information content (AvgIpc) is 3.44. The first kappa shape index (κ1) is 31.8. The van der Waals surface area contributed by atoms with Crippen LogP contribution >= 0.6 is 0 Å². The van der Waals surface area contributed by atoms with Crippen molar-refractivity contribution in [1.29, 1.82) is 0 Å². The van der Waals surface area contributed by atoms with E-state index in [2.05, 4.69) is 15.6 Å². The largest absolute Gasteiger partial charge is 0.480 e. The molecular formula is C31H40N4O8. The van der Waals surface area contributed by atoms with Gasteiger partial charge in [0.2, 0.25) is 12.4 Å². The van der Waals surface area contributed by atoms with Gasteiger partial charge in [0, 0.05) is 18.9 Å². The third kappa shape index (κ3) is 8.23. The number of hydrogen-bond donors (Lipinski definition) is 4. The van der Waals surface area contributed by atoms with Gasteiger partial charge >= 0.3 is 18.2 Å². The van der Waals surface area contributed by atoms with Gasteiger partial charge in [0.25, 0.3) is 0 Å². The van der Waals surface area contributed by atoms with Crippen LogP contribution in [0.1, 0.15) is 65.0 Å². The van der Waals surface area contributed by atoms with Gasteiger partial charge in [-0.15, -0.1) is 0 Å². The van der Waals surface area contributed by atoms with E-state index in [1.807, 2.05) is 48.5 Å². The SMILES string of the molecule is CC(C)(C)OC(=O)NC(=N[C@@H]1C[C@@H](C(=O)O)N(C(=O)OCC2c3ccccc3-c3ccccc32)C1)NC(O)OC(C)(C)C. The second-order valence-electron chi connectivity index (χ2n) is 12.5. The summed E-state index contributed by atoms with van der Waals surface area (Å²) >= 11 is 0. The van der Waals surface area contributed by atoms with Crippen molar-refractivity contribution in [3.05, 3.63) is 59.7 Å². The smallest absolute Gasteiger partial charge is 0.414 e. The van der Waals surface area contributed by atoms with Gasteiger partial charge in [0.1, 0.15) is 18.2 Å². The molecule has 2 aromatic rings. The highest BCUT2D eigenvalue weighted by atomic mass is 16.6. The molecule has 0 spiro atoms. The number of carbonyl (C=O) groups excluding carboxylic acids is 2. The number of alkyl carbamates (subject to hydrolysis) is 1. The Morgan fingerprint density at radius 1 is 0.977 bits per heavy atom. The summed E-state index contributed by atoms with van der Waals surface area (Å²) in [6.45, 7) is 10.2. The standard InChI is InChI=1S/C31H40N4O8/c1-30(2,3)42-27(38)33-26(34-28(39)43-31(4,5)6)32-18-15-24(25(36)37)35(16-18)29(40)41-17-23-21-13-9-7-11-19(21)20-12-8-10-14-22(20)23/h7-14,18,23-24,27,38H,15-17H2,1-6H3,(H,36,37)(H2,32,33,34,39)/t18-,24+,27?/m1/s1. The minimum atomic E-state index is -1.55. The summed E-state index contributed by atoms with van der Waals surface area (Å²) in [6, 6.07) is 13.9. The number of carboxylic acid groups (broad SMARTS) is 1. The Labute approximate surface area is 251 Å². The number of fused-ring (bicyclic) bond motifs is 3. The van der Waals surface area contributed by atoms with E-state index in [1.165, 1.54) is 0 Å². The summed E-state index contributed by atoms with van der Waals surface area (Å²) in [4.78, 5) is 43.4. The number of carboxylic acids is 1. The van der Waals surface area contributed by atoms with Crippen molar-refractivity contribution in [3.8, 4) is 11.1 Å². The summed E-state index contributed by atoms with van der Waals surface area (Å²) in [7, 11) is 0. The van der Waals surface area contributed by atoms with Crippen LogP contribution in [0.15, 0.2) is 53.5 Å². The van der Waals surface area contributed by atoms with E-state index in [9.17, 15) is 24.6 Å². The Morgan fingerprint density at radius 3 is 2.09 bits per heavy atom. The Bertz CT molecular complexity index is 1330. The van der Waals surface area contributed by atoms with Gasteiger partial charge in [-0.25, -0.2) is 19.4 Å². The van der Waals surface area contributed by atoms with E-state index in [4.69, 9.17) is 14.2 Å². The lowest BCUT2D eigenvalue weighted by atomic mass is 9.98. The molecule has 0 aromatic heterocycles. The molecule has 43 heavy (non-hydrogen) atoms. The molecule has 0 bridgehead atoms. The first-order valence-corrected chi connectivity index (χ1v) is 14.2. The quantitative estimate of drug-likeness (QED) is 0.219. The Morgan fingerprint density at radius 2 is 1.56 bits per heavy atom. The van der Waals surface area contributed by atoms with Crippen LogP contribution < -0.4 is 10.6 Å². The number of ether oxygens (including phenoxy) is 3. The van der Waals surface area contributed by atoms with Gasteiger partial charge in [-0.2, -0.15) is 0 Å². The Kier molecular flexibility index (Phi) is 9.31. The van der Waals surface area contributed by atoms with Crippen molar-refractivity contribution in [2.75, 3.05) is 13.2 Å². The maximum atomic E-state index is 13.3. The molecule has 1 saturated heterocycles. The predicted octanol–water partition coefficient (Wildman–Crippen LogP) is 4.02.